The van der Waals surface area contributed by atoms with Crippen LogP contribution in [0.2, 0.25) is 0 Å². The number of carbonyl (C=O) groups is 1. The molecule has 0 saturated carbocycles. The molecule has 1 aliphatic heterocycles. The molecular weight excluding hydrogens is 338 g/mol. The lowest BCUT2D eigenvalue weighted by molar-refractivity contribution is -0.214. The molecule has 0 aromatic heterocycles. The number of ketones is 1. The normalized spacial score (nSPS) is 24.0. The van der Waals surface area contributed by atoms with E-state index in [0.29, 0.717) is 52.8 Å². The van der Waals surface area contributed by atoms with Crippen molar-refractivity contribution in [2.24, 2.45) is 17.1 Å². The van der Waals surface area contributed by atoms with E-state index in [9.17, 15) is 4.79 Å². The lowest BCUT2D eigenvalue weighted by Crippen LogP contribution is -2.42. The summed E-state index contributed by atoms with van der Waals surface area (Å²) in [5, 5.41) is 0. The van der Waals surface area contributed by atoms with Crippen LogP contribution in [-0.2, 0) is 28.5 Å². The maximum Gasteiger partial charge on any atom is 0.158 e. The highest BCUT2D eigenvalue weighted by Gasteiger charge is 2.40. The predicted molar refractivity (Wildman–Crippen MR) is 99.0 cm³/mol. The largest absolute Gasteiger partial charge is 0.378 e. The first-order chi connectivity index (χ1) is 12.4. The summed E-state index contributed by atoms with van der Waals surface area (Å²) in [5.41, 5.74) is 4.97. The first-order valence-electron chi connectivity index (χ1n) is 9.59. The fourth-order valence-electron chi connectivity index (χ4n) is 2.95. The van der Waals surface area contributed by atoms with Crippen molar-refractivity contribution in [3.05, 3.63) is 0 Å². The molecule has 1 rings (SSSR count). The summed E-state index contributed by atoms with van der Waals surface area (Å²) in [5.74, 6) is 0.483. The molecule has 0 bridgehead atoms. The van der Waals surface area contributed by atoms with Gasteiger partial charge in [-0.3, -0.25) is 4.79 Å². The average Bonchev–Trinajstić information content (AvgIpc) is 2.59. The van der Waals surface area contributed by atoms with E-state index in [4.69, 9.17) is 29.4 Å². The first kappa shape index (κ1) is 23.5. The standard InChI is InChI=1S/C19H37NO6/c1-15-13-17(19(3,4)16(2)21)14-18(26-15)25-12-11-24-10-9-23-8-7-22-6-5-20/h15,17-18H,5-14,20H2,1-4H3. The Morgan fingerprint density at radius 2 is 1.54 bits per heavy atom. The van der Waals surface area contributed by atoms with Crippen LogP contribution in [0.4, 0.5) is 0 Å². The fourth-order valence-corrected chi connectivity index (χ4v) is 2.95. The molecule has 154 valence electrons. The highest BCUT2D eigenvalue weighted by Crippen LogP contribution is 2.39. The molecular formula is C19H37NO6. The molecule has 1 aliphatic rings. The number of hydrogen-bond acceptors (Lipinski definition) is 7. The van der Waals surface area contributed by atoms with Crippen molar-refractivity contribution in [3.8, 4) is 0 Å². The highest BCUT2D eigenvalue weighted by atomic mass is 16.7. The first-order valence-corrected chi connectivity index (χ1v) is 9.59. The van der Waals surface area contributed by atoms with Gasteiger partial charge in [0.1, 0.15) is 5.78 Å². The summed E-state index contributed by atoms with van der Waals surface area (Å²) in [6.07, 6.45) is 1.44. The lowest BCUT2D eigenvalue weighted by Gasteiger charge is -2.40. The maximum atomic E-state index is 11.9. The summed E-state index contributed by atoms with van der Waals surface area (Å²) in [4.78, 5) is 11.9. The second-order valence-corrected chi connectivity index (χ2v) is 7.32. The van der Waals surface area contributed by atoms with E-state index < -0.39 is 0 Å². The Balaban J connectivity index is 2.10. The van der Waals surface area contributed by atoms with Crippen molar-refractivity contribution in [2.45, 2.75) is 52.9 Å². The second-order valence-electron chi connectivity index (χ2n) is 7.32. The summed E-state index contributed by atoms with van der Waals surface area (Å²) in [6.45, 7) is 11.9. The fraction of sp³-hybridized carbons (Fsp3) is 0.947. The number of hydrogen-bond donors (Lipinski definition) is 1. The summed E-state index contributed by atoms with van der Waals surface area (Å²) >= 11 is 0. The number of carbonyl (C=O) groups excluding carboxylic acids is 1. The molecule has 7 nitrogen and oxygen atoms in total. The van der Waals surface area contributed by atoms with Crippen LogP contribution >= 0.6 is 0 Å². The van der Waals surface area contributed by atoms with E-state index in [2.05, 4.69) is 0 Å². The third-order valence-corrected chi connectivity index (χ3v) is 4.94. The minimum atomic E-state index is -0.346. The van der Waals surface area contributed by atoms with Crippen LogP contribution in [-0.4, -0.2) is 71.0 Å². The van der Waals surface area contributed by atoms with Crippen LogP contribution in [0.15, 0.2) is 0 Å². The van der Waals surface area contributed by atoms with E-state index >= 15 is 0 Å². The molecule has 0 amide bonds. The predicted octanol–water partition coefficient (Wildman–Crippen LogP) is 1.77. The SMILES string of the molecule is CC(=O)C(C)(C)C1CC(C)OC(OCCOCCOCCOCCN)C1. The minimum Gasteiger partial charge on any atom is -0.378 e. The van der Waals surface area contributed by atoms with E-state index in [1.54, 1.807) is 6.92 Å². The Morgan fingerprint density at radius 3 is 2.08 bits per heavy atom. The molecule has 1 saturated heterocycles. The van der Waals surface area contributed by atoms with Crippen molar-refractivity contribution >= 4 is 5.78 Å². The molecule has 0 aromatic carbocycles. The van der Waals surface area contributed by atoms with Gasteiger partial charge in [0, 0.05) is 18.4 Å². The van der Waals surface area contributed by atoms with Gasteiger partial charge >= 0.3 is 0 Å². The molecule has 1 heterocycles. The van der Waals surface area contributed by atoms with E-state index in [1.165, 1.54) is 0 Å². The number of ether oxygens (including phenoxy) is 5. The van der Waals surface area contributed by atoms with E-state index in [0.717, 1.165) is 12.8 Å². The molecule has 0 aliphatic carbocycles. The Bertz CT molecular complexity index is 390. The van der Waals surface area contributed by atoms with Gasteiger partial charge in [0.05, 0.1) is 52.4 Å². The third-order valence-electron chi connectivity index (χ3n) is 4.94. The van der Waals surface area contributed by atoms with Gasteiger partial charge in [-0.25, -0.2) is 0 Å². The molecule has 0 spiro atoms. The Labute approximate surface area is 157 Å². The van der Waals surface area contributed by atoms with Crippen LogP contribution in [0.3, 0.4) is 0 Å². The Hall–Kier alpha value is -0.570. The average molecular weight is 376 g/mol. The van der Waals surface area contributed by atoms with E-state index in [-0.39, 0.29) is 29.5 Å². The third kappa shape index (κ3) is 8.88. The van der Waals surface area contributed by atoms with Gasteiger partial charge in [-0.05, 0) is 26.2 Å². The van der Waals surface area contributed by atoms with Crippen LogP contribution in [0.5, 0.6) is 0 Å². The Morgan fingerprint density at radius 1 is 1.00 bits per heavy atom. The summed E-state index contributed by atoms with van der Waals surface area (Å²) < 4.78 is 27.7. The molecule has 1 fully saturated rings. The van der Waals surface area contributed by atoms with Crippen molar-refractivity contribution in [1.29, 1.82) is 0 Å². The number of Topliss-reactive ketones (excluding diaryl/α,β-unsaturated/α-hetero) is 1. The van der Waals surface area contributed by atoms with Crippen LogP contribution in [0.1, 0.15) is 40.5 Å². The topological polar surface area (TPSA) is 89.2 Å². The molecule has 7 heteroatoms. The van der Waals surface area contributed by atoms with Crippen molar-refractivity contribution in [1.82, 2.24) is 0 Å². The maximum absolute atomic E-state index is 11.9. The summed E-state index contributed by atoms with van der Waals surface area (Å²) in [7, 11) is 0. The van der Waals surface area contributed by atoms with Crippen LogP contribution in [0.25, 0.3) is 0 Å². The minimum absolute atomic E-state index is 0.0909. The monoisotopic (exact) mass is 375 g/mol. The van der Waals surface area contributed by atoms with Crippen molar-refractivity contribution in [2.75, 3.05) is 52.8 Å². The molecule has 0 radical (unpaired) electrons. The van der Waals surface area contributed by atoms with Gasteiger partial charge in [0.15, 0.2) is 6.29 Å². The molecule has 3 atom stereocenters. The zero-order chi connectivity index (χ0) is 19.4. The van der Waals surface area contributed by atoms with Gasteiger partial charge in [-0.2, -0.15) is 0 Å². The van der Waals surface area contributed by atoms with Gasteiger partial charge in [-0.15, -0.1) is 0 Å². The quantitative estimate of drug-likeness (QED) is 0.463. The van der Waals surface area contributed by atoms with Gasteiger partial charge < -0.3 is 29.4 Å². The van der Waals surface area contributed by atoms with Gasteiger partial charge in [0.25, 0.3) is 0 Å². The second kappa shape index (κ2) is 12.8. The number of nitrogens with two attached hydrogens (primary N) is 1. The highest BCUT2D eigenvalue weighted by molar-refractivity contribution is 5.81. The lowest BCUT2D eigenvalue weighted by atomic mass is 9.71. The van der Waals surface area contributed by atoms with Crippen LogP contribution < -0.4 is 5.73 Å². The molecule has 3 unspecified atom stereocenters. The molecule has 26 heavy (non-hydrogen) atoms. The van der Waals surface area contributed by atoms with Gasteiger partial charge in [0.2, 0.25) is 0 Å². The number of rotatable bonds is 14. The smallest absolute Gasteiger partial charge is 0.158 e. The van der Waals surface area contributed by atoms with Crippen LogP contribution in [0, 0.1) is 11.3 Å². The zero-order valence-electron chi connectivity index (χ0n) is 16.8. The van der Waals surface area contributed by atoms with Crippen molar-refractivity contribution in [3.63, 3.8) is 0 Å². The molecule has 0 aromatic rings. The molecule has 2 N–H and O–H groups in total. The van der Waals surface area contributed by atoms with Crippen molar-refractivity contribution < 1.29 is 28.5 Å². The Kier molecular flexibility index (Phi) is 11.5. The summed E-state index contributed by atoms with van der Waals surface area (Å²) in [6, 6.07) is 0. The van der Waals surface area contributed by atoms with E-state index in [1.807, 2.05) is 20.8 Å². The zero-order valence-corrected chi connectivity index (χ0v) is 16.8. The van der Waals surface area contributed by atoms with Gasteiger partial charge in [-0.1, -0.05) is 13.8 Å².